The molecular weight excluding hydrogens is 392 g/mol. The van der Waals surface area contributed by atoms with Crippen molar-refractivity contribution in [1.82, 2.24) is 15.3 Å². The molecule has 0 atom stereocenters. The van der Waals surface area contributed by atoms with Gasteiger partial charge in [-0.2, -0.15) is 0 Å². The summed E-state index contributed by atoms with van der Waals surface area (Å²) in [6.07, 6.45) is 2.49. The van der Waals surface area contributed by atoms with Crippen molar-refractivity contribution < 1.29 is 4.79 Å². The third kappa shape index (κ3) is 4.72. The van der Waals surface area contributed by atoms with Gasteiger partial charge in [0, 0.05) is 19.8 Å². The highest BCUT2D eigenvalue weighted by Crippen LogP contribution is 2.27. The van der Waals surface area contributed by atoms with Crippen molar-refractivity contribution >= 4 is 23.2 Å². The van der Waals surface area contributed by atoms with Crippen LogP contribution in [0, 0.1) is 0 Å². The third-order valence-electron chi connectivity index (χ3n) is 4.72. The Bertz CT molecular complexity index is 1120. The maximum atomic E-state index is 12.5. The fraction of sp³-hybridized carbons (Fsp3) is 0.125. The summed E-state index contributed by atoms with van der Waals surface area (Å²) in [6.45, 7) is 0.591. The molecule has 0 spiro atoms. The van der Waals surface area contributed by atoms with Gasteiger partial charge in [0.15, 0.2) is 0 Å². The number of anilines is 1. The third-order valence-corrected chi connectivity index (χ3v) is 5.83. The number of carbonyl (C=O) groups is 1. The number of nitrogens with one attached hydrogen (secondary N) is 2. The van der Waals surface area contributed by atoms with Gasteiger partial charge in [-0.05, 0) is 41.3 Å². The van der Waals surface area contributed by atoms with Crippen molar-refractivity contribution in [3.8, 4) is 21.7 Å². The lowest BCUT2D eigenvalue weighted by molar-refractivity contribution is 0.0958. The number of nitrogens with zero attached hydrogens (tertiary/aromatic N) is 2. The predicted molar refractivity (Wildman–Crippen MR) is 123 cm³/mol. The highest BCUT2D eigenvalue weighted by atomic mass is 32.1. The molecule has 1 amide bonds. The van der Waals surface area contributed by atoms with E-state index < -0.39 is 0 Å². The summed E-state index contributed by atoms with van der Waals surface area (Å²) in [5.41, 5.74) is 4.40. The first-order valence-electron chi connectivity index (χ1n) is 9.76. The second-order valence-electron chi connectivity index (χ2n) is 6.75. The molecule has 4 rings (SSSR count). The minimum atomic E-state index is -0.0601. The van der Waals surface area contributed by atoms with Crippen LogP contribution >= 0.6 is 11.3 Å². The molecule has 0 saturated heterocycles. The Morgan fingerprint density at radius 3 is 2.47 bits per heavy atom. The summed E-state index contributed by atoms with van der Waals surface area (Å²) >= 11 is 1.43. The van der Waals surface area contributed by atoms with E-state index in [2.05, 4.69) is 57.0 Å². The zero-order valence-electron chi connectivity index (χ0n) is 16.6. The second kappa shape index (κ2) is 9.33. The molecule has 0 aliphatic rings. The van der Waals surface area contributed by atoms with Crippen LogP contribution in [0.15, 0.2) is 79.0 Å². The molecular formula is C24H22N4OS. The summed E-state index contributed by atoms with van der Waals surface area (Å²) in [5, 5.41) is 5.93. The molecule has 0 fully saturated rings. The first-order chi connectivity index (χ1) is 14.7. The summed E-state index contributed by atoms with van der Waals surface area (Å²) in [5.74, 6) is 0.500. The van der Waals surface area contributed by atoms with Crippen molar-refractivity contribution in [2.75, 3.05) is 18.9 Å². The fourth-order valence-electron chi connectivity index (χ4n) is 3.12. The van der Waals surface area contributed by atoms with Crippen LogP contribution < -0.4 is 10.6 Å². The number of carbonyl (C=O) groups excluding carboxylic acids is 1. The van der Waals surface area contributed by atoms with Gasteiger partial charge in [-0.15, -0.1) is 11.3 Å². The van der Waals surface area contributed by atoms with E-state index in [9.17, 15) is 4.79 Å². The molecule has 2 aromatic carbocycles. The SMILES string of the molecule is CNc1nccc(-c2ccc(C(=O)NCCc3ccc(-c4ccccc4)cc3)s2)n1. The Labute approximate surface area is 179 Å². The van der Waals surface area contributed by atoms with Crippen molar-refractivity contribution in [2.24, 2.45) is 0 Å². The molecule has 5 nitrogen and oxygen atoms in total. The average Bonchev–Trinajstić information content (AvgIpc) is 3.31. The van der Waals surface area contributed by atoms with Crippen LogP contribution in [0.2, 0.25) is 0 Å². The van der Waals surface area contributed by atoms with Gasteiger partial charge >= 0.3 is 0 Å². The smallest absolute Gasteiger partial charge is 0.261 e. The number of benzene rings is 2. The van der Waals surface area contributed by atoms with Gasteiger partial charge in [-0.1, -0.05) is 54.6 Å². The van der Waals surface area contributed by atoms with E-state index in [1.807, 2.05) is 36.4 Å². The Morgan fingerprint density at radius 1 is 0.933 bits per heavy atom. The number of hydrogen-bond donors (Lipinski definition) is 2. The summed E-state index contributed by atoms with van der Waals surface area (Å²) in [6, 6.07) is 24.4. The molecule has 2 heterocycles. The molecule has 0 aliphatic heterocycles. The van der Waals surface area contributed by atoms with Gasteiger partial charge < -0.3 is 10.6 Å². The molecule has 4 aromatic rings. The fourth-order valence-corrected chi connectivity index (χ4v) is 4.01. The Kier molecular flexibility index (Phi) is 6.15. The highest BCUT2D eigenvalue weighted by Gasteiger charge is 2.11. The van der Waals surface area contributed by atoms with Crippen LogP contribution in [-0.2, 0) is 6.42 Å². The van der Waals surface area contributed by atoms with Gasteiger partial charge in [0.1, 0.15) is 0 Å². The normalized spacial score (nSPS) is 10.6. The van der Waals surface area contributed by atoms with Crippen LogP contribution in [0.1, 0.15) is 15.2 Å². The summed E-state index contributed by atoms with van der Waals surface area (Å²) in [4.78, 5) is 22.7. The Morgan fingerprint density at radius 2 is 1.70 bits per heavy atom. The first-order valence-corrected chi connectivity index (χ1v) is 10.6. The minimum absolute atomic E-state index is 0.0601. The summed E-state index contributed by atoms with van der Waals surface area (Å²) < 4.78 is 0. The molecule has 30 heavy (non-hydrogen) atoms. The maximum absolute atomic E-state index is 12.5. The average molecular weight is 415 g/mol. The molecule has 2 N–H and O–H groups in total. The van der Waals surface area contributed by atoms with Crippen LogP contribution in [0.25, 0.3) is 21.7 Å². The van der Waals surface area contributed by atoms with E-state index in [4.69, 9.17) is 0 Å². The van der Waals surface area contributed by atoms with Crippen LogP contribution in [0.5, 0.6) is 0 Å². The van der Waals surface area contributed by atoms with E-state index in [1.54, 1.807) is 13.2 Å². The van der Waals surface area contributed by atoms with Gasteiger partial charge in [-0.3, -0.25) is 4.79 Å². The van der Waals surface area contributed by atoms with Gasteiger partial charge in [0.2, 0.25) is 5.95 Å². The van der Waals surface area contributed by atoms with E-state index >= 15 is 0 Å². The zero-order chi connectivity index (χ0) is 20.8. The number of amides is 1. The predicted octanol–water partition coefficient (Wildman–Crippen LogP) is 4.89. The number of rotatable bonds is 7. The lowest BCUT2D eigenvalue weighted by Gasteiger charge is -2.06. The van der Waals surface area contributed by atoms with Crippen LogP contribution in [0.4, 0.5) is 5.95 Å². The second-order valence-corrected chi connectivity index (χ2v) is 7.83. The first kappa shape index (κ1) is 19.8. The molecule has 0 saturated carbocycles. The monoisotopic (exact) mass is 414 g/mol. The van der Waals surface area contributed by atoms with Crippen molar-refractivity contribution in [3.05, 3.63) is 89.4 Å². The molecule has 6 heteroatoms. The van der Waals surface area contributed by atoms with Gasteiger partial charge in [0.05, 0.1) is 15.4 Å². The largest absolute Gasteiger partial charge is 0.357 e. The molecule has 0 bridgehead atoms. The molecule has 2 aromatic heterocycles. The van der Waals surface area contributed by atoms with Gasteiger partial charge in [-0.25, -0.2) is 9.97 Å². The Balaban J connectivity index is 1.32. The highest BCUT2D eigenvalue weighted by molar-refractivity contribution is 7.17. The molecule has 0 aliphatic carbocycles. The van der Waals surface area contributed by atoms with E-state index in [-0.39, 0.29) is 5.91 Å². The van der Waals surface area contributed by atoms with Gasteiger partial charge in [0.25, 0.3) is 5.91 Å². The number of hydrogen-bond acceptors (Lipinski definition) is 5. The molecule has 150 valence electrons. The zero-order valence-corrected chi connectivity index (χ0v) is 17.4. The van der Waals surface area contributed by atoms with E-state index in [0.717, 1.165) is 17.0 Å². The Hall–Kier alpha value is -3.51. The van der Waals surface area contributed by atoms with Crippen LogP contribution in [-0.4, -0.2) is 29.5 Å². The van der Waals surface area contributed by atoms with E-state index in [1.165, 1.54) is 28.0 Å². The van der Waals surface area contributed by atoms with E-state index in [0.29, 0.717) is 17.4 Å². The van der Waals surface area contributed by atoms with Crippen molar-refractivity contribution in [2.45, 2.75) is 6.42 Å². The standard InChI is InChI=1S/C24H22N4OS/c1-25-24-27-16-14-20(28-24)21-11-12-22(30-21)23(29)26-15-13-17-7-9-19(10-8-17)18-5-3-2-4-6-18/h2-12,14,16H,13,15H2,1H3,(H,26,29)(H,25,27,28). The molecule has 0 radical (unpaired) electrons. The van der Waals surface area contributed by atoms with Crippen molar-refractivity contribution in [3.63, 3.8) is 0 Å². The maximum Gasteiger partial charge on any atom is 0.261 e. The summed E-state index contributed by atoms with van der Waals surface area (Å²) in [7, 11) is 1.78. The topological polar surface area (TPSA) is 66.9 Å². The lowest BCUT2D eigenvalue weighted by Crippen LogP contribution is -2.24. The number of aromatic nitrogens is 2. The van der Waals surface area contributed by atoms with Crippen LogP contribution in [0.3, 0.4) is 0 Å². The molecule has 0 unspecified atom stereocenters. The quantitative estimate of drug-likeness (QED) is 0.452. The number of thiophene rings is 1. The minimum Gasteiger partial charge on any atom is -0.357 e. The van der Waals surface area contributed by atoms with Crippen molar-refractivity contribution in [1.29, 1.82) is 0 Å². The lowest BCUT2D eigenvalue weighted by atomic mass is 10.0.